The lowest BCUT2D eigenvalue weighted by molar-refractivity contribution is 0.108. The van der Waals surface area contributed by atoms with Gasteiger partial charge < -0.3 is 5.32 Å². The Morgan fingerprint density at radius 1 is 0.864 bits per heavy atom. The van der Waals surface area contributed by atoms with Crippen molar-refractivity contribution in [2.24, 2.45) is 0 Å². The van der Waals surface area contributed by atoms with Crippen LogP contribution in [-0.4, -0.2) is 11.8 Å². The molecule has 0 saturated carbocycles. The second kappa shape index (κ2) is 12.5. The molecule has 0 saturated heterocycles. The maximum absolute atomic E-state index is 11.0. The average molecular weight is 324 g/mol. The van der Waals surface area contributed by atoms with Crippen molar-refractivity contribution in [2.45, 2.75) is 71.1 Å². The number of carbonyl (C=O) groups excluding carboxylic acids is 1. The number of unbranched alkanes of at least 4 members (excludes halogenated alkanes) is 9. The Balaban J connectivity index is 1.94. The molecule has 0 spiro atoms. The Hall–Kier alpha value is -1.02. The van der Waals surface area contributed by atoms with E-state index in [9.17, 15) is 4.79 Å². The first-order chi connectivity index (χ1) is 10.7. The van der Waals surface area contributed by atoms with E-state index in [2.05, 4.69) is 12.2 Å². The zero-order chi connectivity index (χ0) is 16.0. The molecule has 0 radical (unpaired) electrons. The molecule has 0 atom stereocenters. The molecule has 0 unspecified atom stereocenters. The maximum atomic E-state index is 11.0. The molecule has 0 aliphatic carbocycles. The zero-order valence-electron chi connectivity index (χ0n) is 13.9. The second-order valence-electron chi connectivity index (χ2n) is 5.96. The van der Waals surface area contributed by atoms with Gasteiger partial charge in [0.15, 0.2) is 0 Å². The molecule has 1 aromatic rings. The van der Waals surface area contributed by atoms with Crippen molar-refractivity contribution in [2.75, 3.05) is 11.9 Å². The number of rotatable bonds is 13. The normalized spacial score (nSPS) is 10.6. The molecule has 22 heavy (non-hydrogen) atoms. The maximum Gasteiger partial charge on any atom is 0.252 e. The summed E-state index contributed by atoms with van der Waals surface area (Å²) in [6.07, 6.45) is 13.6. The van der Waals surface area contributed by atoms with E-state index in [1.165, 1.54) is 64.2 Å². The smallest absolute Gasteiger partial charge is 0.252 e. The van der Waals surface area contributed by atoms with E-state index in [0.29, 0.717) is 5.56 Å². The fourth-order valence-electron chi connectivity index (χ4n) is 2.56. The van der Waals surface area contributed by atoms with Crippen LogP contribution in [0.15, 0.2) is 24.3 Å². The number of hydrogen-bond donors (Lipinski definition) is 1. The van der Waals surface area contributed by atoms with E-state index in [1.54, 1.807) is 12.1 Å². The number of anilines is 1. The first kappa shape index (κ1) is 19.0. The number of carbonyl (C=O) groups is 1. The first-order valence-electron chi connectivity index (χ1n) is 8.78. The summed E-state index contributed by atoms with van der Waals surface area (Å²) in [5.74, 6) is 0. The monoisotopic (exact) mass is 323 g/mol. The fraction of sp³-hybridized carbons (Fsp3) is 0.632. The molecule has 124 valence electrons. The third kappa shape index (κ3) is 9.09. The predicted octanol–water partition coefficient (Wildman–Crippen LogP) is 6.40. The average Bonchev–Trinajstić information content (AvgIpc) is 2.53. The first-order valence-corrected chi connectivity index (χ1v) is 9.15. The lowest BCUT2D eigenvalue weighted by atomic mass is 10.1. The second-order valence-corrected chi connectivity index (χ2v) is 6.30. The number of benzene rings is 1. The van der Waals surface area contributed by atoms with E-state index in [4.69, 9.17) is 11.6 Å². The van der Waals surface area contributed by atoms with Gasteiger partial charge in [0.05, 0.1) is 0 Å². The fourth-order valence-corrected chi connectivity index (χ4v) is 2.69. The largest absolute Gasteiger partial charge is 0.385 e. The summed E-state index contributed by atoms with van der Waals surface area (Å²) >= 11 is 5.42. The van der Waals surface area contributed by atoms with Crippen LogP contribution in [0, 0.1) is 0 Å². The molecule has 1 aromatic carbocycles. The Labute approximate surface area is 140 Å². The van der Waals surface area contributed by atoms with E-state index in [0.717, 1.165) is 12.2 Å². The van der Waals surface area contributed by atoms with Gasteiger partial charge in [-0.1, -0.05) is 64.7 Å². The molecule has 0 bridgehead atoms. The highest BCUT2D eigenvalue weighted by atomic mass is 35.5. The summed E-state index contributed by atoms with van der Waals surface area (Å²) in [6.45, 7) is 3.25. The van der Waals surface area contributed by atoms with Gasteiger partial charge in [-0.05, 0) is 42.3 Å². The van der Waals surface area contributed by atoms with Crippen LogP contribution in [0.2, 0.25) is 0 Å². The van der Waals surface area contributed by atoms with E-state index in [1.807, 2.05) is 12.1 Å². The van der Waals surface area contributed by atoms with Crippen LogP contribution in [0.25, 0.3) is 0 Å². The molecule has 3 heteroatoms. The highest BCUT2D eigenvalue weighted by Crippen LogP contribution is 2.13. The Kier molecular flexibility index (Phi) is 10.8. The van der Waals surface area contributed by atoms with Crippen LogP contribution in [0.3, 0.4) is 0 Å². The predicted molar refractivity (Wildman–Crippen MR) is 97.0 cm³/mol. The molecule has 1 rings (SSSR count). The third-order valence-electron chi connectivity index (χ3n) is 3.97. The Morgan fingerprint density at radius 3 is 1.86 bits per heavy atom. The van der Waals surface area contributed by atoms with Gasteiger partial charge in [0, 0.05) is 17.8 Å². The SMILES string of the molecule is CCCCCCCCCCCCNc1ccc(C(=O)Cl)cc1. The molecular formula is C19H30ClNO. The van der Waals surface area contributed by atoms with Crippen LogP contribution in [0.4, 0.5) is 5.69 Å². The minimum absolute atomic E-state index is 0.402. The summed E-state index contributed by atoms with van der Waals surface area (Å²) < 4.78 is 0. The lowest BCUT2D eigenvalue weighted by Gasteiger charge is -2.07. The summed E-state index contributed by atoms with van der Waals surface area (Å²) in [4.78, 5) is 11.0. The summed E-state index contributed by atoms with van der Waals surface area (Å²) in [5, 5.41) is 2.98. The molecule has 0 aliphatic rings. The topological polar surface area (TPSA) is 29.1 Å². The van der Waals surface area contributed by atoms with Crippen LogP contribution in [0.1, 0.15) is 81.5 Å². The molecule has 0 fully saturated rings. The van der Waals surface area contributed by atoms with Crippen molar-refractivity contribution in [1.82, 2.24) is 0 Å². The standard InChI is InChI=1S/C19H30ClNO/c1-2-3-4-5-6-7-8-9-10-11-16-21-18-14-12-17(13-15-18)19(20)22/h12-15,21H,2-11,16H2,1H3. The number of hydrogen-bond acceptors (Lipinski definition) is 2. The lowest BCUT2D eigenvalue weighted by Crippen LogP contribution is -2.01. The molecule has 1 N–H and O–H groups in total. The minimum atomic E-state index is -0.402. The van der Waals surface area contributed by atoms with Gasteiger partial charge in [0.25, 0.3) is 5.24 Å². The molecular weight excluding hydrogens is 294 g/mol. The van der Waals surface area contributed by atoms with Crippen molar-refractivity contribution >= 4 is 22.5 Å². The molecule has 2 nitrogen and oxygen atoms in total. The Bertz CT molecular complexity index is 402. The molecule has 0 aromatic heterocycles. The van der Waals surface area contributed by atoms with Crippen molar-refractivity contribution < 1.29 is 4.79 Å². The zero-order valence-corrected chi connectivity index (χ0v) is 14.6. The van der Waals surface area contributed by atoms with Crippen molar-refractivity contribution in [3.05, 3.63) is 29.8 Å². The van der Waals surface area contributed by atoms with Crippen LogP contribution >= 0.6 is 11.6 Å². The van der Waals surface area contributed by atoms with Crippen LogP contribution < -0.4 is 5.32 Å². The summed E-state index contributed by atoms with van der Waals surface area (Å²) in [6, 6.07) is 7.34. The van der Waals surface area contributed by atoms with E-state index < -0.39 is 5.24 Å². The third-order valence-corrected chi connectivity index (χ3v) is 4.19. The van der Waals surface area contributed by atoms with Gasteiger partial charge in [-0.3, -0.25) is 4.79 Å². The van der Waals surface area contributed by atoms with Gasteiger partial charge in [0.1, 0.15) is 0 Å². The number of nitrogens with one attached hydrogen (secondary N) is 1. The van der Waals surface area contributed by atoms with Crippen LogP contribution in [0.5, 0.6) is 0 Å². The molecule has 0 aliphatic heterocycles. The Morgan fingerprint density at radius 2 is 1.36 bits per heavy atom. The van der Waals surface area contributed by atoms with E-state index >= 15 is 0 Å². The van der Waals surface area contributed by atoms with Crippen molar-refractivity contribution in [1.29, 1.82) is 0 Å². The minimum Gasteiger partial charge on any atom is -0.385 e. The van der Waals surface area contributed by atoms with Crippen molar-refractivity contribution in [3.8, 4) is 0 Å². The van der Waals surface area contributed by atoms with Gasteiger partial charge in [-0.25, -0.2) is 0 Å². The van der Waals surface area contributed by atoms with Gasteiger partial charge in [-0.15, -0.1) is 0 Å². The van der Waals surface area contributed by atoms with Gasteiger partial charge in [-0.2, -0.15) is 0 Å². The van der Waals surface area contributed by atoms with Crippen molar-refractivity contribution in [3.63, 3.8) is 0 Å². The highest BCUT2D eigenvalue weighted by Gasteiger charge is 2.00. The molecule has 0 amide bonds. The van der Waals surface area contributed by atoms with E-state index in [-0.39, 0.29) is 0 Å². The highest BCUT2D eigenvalue weighted by molar-refractivity contribution is 6.67. The van der Waals surface area contributed by atoms with Crippen LogP contribution in [-0.2, 0) is 0 Å². The van der Waals surface area contributed by atoms with Gasteiger partial charge >= 0.3 is 0 Å². The molecule has 0 heterocycles. The summed E-state index contributed by atoms with van der Waals surface area (Å²) in [7, 11) is 0. The summed E-state index contributed by atoms with van der Waals surface area (Å²) in [5.41, 5.74) is 1.60. The quantitative estimate of drug-likeness (QED) is 0.336. The number of halogens is 1. The van der Waals surface area contributed by atoms with Gasteiger partial charge in [0.2, 0.25) is 0 Å².